The van der Waals surface area contributed by atoms with Gasteiger partial charge in [0.05, 0.1) is 5.69 Å². The van der Waals surface area contributed by atoms with Crippen LogP contribution in [0.2, 0.25) is 0 Å². The molecule has 29 heavy (non-hydrogen) atoms. The second-order valence-electron chi connectivity index (χ2n) is 6.64. The average molecular weight is 515 g/mol. The summed E-state index contributed by atoms with van der Waals surface area (Å²) in [5.74, 6) is 1.94. The Bertz CT molecular complexity index is 775. The molecule has 4 N–H and O–H groups in total. The molecule has 0 atom stereocenters. The summed E-state index contributed by atoms with van der Waals surface area (Å²) in [5, 5.41) is 10.6. The summed E-state index contributed by atoms with van der Waals surface area (Å²) in [6, 6.07) is 9.52. The second kappa shape index (κ2) is 13.0. The molecule has 0 bridgehead atoms. The number of ether oxygens (including phenoxy) is 1. The molecule has 2 rings (SSSR count). The van der Waals surface area contributed by atoms with Crippen LogP contribution in [0.3, 0.4) is 0 Å². The van der Waals surface area contributed by atoms with Gasteiger partial charge in [-0.15, -0.1) is 24.0 Å². The first-order valence-electron chi connectivity index (χ1n) is 9.45. The van der Waals surface area contributed by atoms with Gasteiger partial charge in [0, 0.05) is 19.2 Å². The van der Waals surface area contributed by atoms with E-state index in [0.29, 0.717) is 18.2 Å². The van der Waals surface area contributed by atoms with E-state index in [1.54, 1.807) is 0 Å². The van der Waals surface area contributed by atoms with Crippen LogP contribution in [-0.2, 0) is 17.8 Å². The zero-order chi connectivity index (χ0) is 20.4. The Morgan fingerprint density at radius 2 is 2.00 bits per heavy atom. The zero-order valence-electron chi connectivity index (χ0n) is 17.1. The number of guanidine groups is 1. The van der Waals surface area contributed by atoms with Gasteiger partial charge in [-0.25, -0.2) is 4.99 Å². The standard InChI is InChI=1S/C20H29N5O3.HI/c1-4-22-20(24-12-17-11-18(14(2)3)25-28-17)23-10-9-15-5-7-16(8-6-15)27-13-19(21)26;/h5-8,11,14H,4,9-10,12-13H2,1-3H3,(H2,21,26)(H2,22,23,24);1H. The molecule has 0 saturated carbocycles. The van der Waals surface area contributed by atoms with E-state index >= 15 is 0 Å². The predicted octanol–water partition coefficient (Wildman–Crippen LogP) is 2.58. The quantitative estimate of drug-likeness (QED) is 0.255. The number of hydrogen-bond donors (Lipinski definition) is 3. The van der Waals surface area contributed by atoms with Crippen LogP contribution in [0.4, 0.5) is 0 Å². The van der Waals surface area contributed by atoms with Gasteiger partial charge >= 0.3 is 0 Å². The number of primary amides is 1. The first kappa shape index (κ1) is 24.7. The number of carbonyl (C=O) groups is 1. The highest BCUT2D eigenvalue weighted by molar-refractivity contribution is 14.0. The number of benzene rings is 1. The molecular weight excluding hydrogens is 485 g/mol. The maximum Gasteiger partial charge on any atom is 0.255 e. The van der Waals surface area contributed by atoms with Crippen molar-refractivity contribution in [1.82, 2.24) is 15.8 Å². The number of nitrogens with two attached hydrogens (primary N) is 1. The fourth-order valence-electron chi connectivity index (χ4n) is 2.41. The molecule has 0 aliphatic rings. The summed E-state index contributed by atoms with van der Waals surface area (Å²) >= 11 is 0. The SMILES string of the molecule is CCNC(=NCc1cc(C(C)C)no1)NCCc1ccc(OCC(N)=O)cc1.I. The minimum absolute atomic E-state index is 0. The van der Waals surface area contributed by atoms with E-state index in [9.17, 15) is 4.79 Å². The van der Waals surface area contributed by atoms with Crippen molar-refractivity contribution in [2.24, 2.45) is 10.7 Å². The zero-order valence-corrected chi connectivity index (χ0v) is 19.4. The lowest BCUT2D eigenvalue weighted by Gasteiger charge is -2.11. The number of aromatic nitrogens is 1. The molecule has 0 saturated heterocycles. The topological polar surface area (TPSA) is 115 Å². The molecule has 0 aliphatic heterocycles. The number of nitrogens with one attached hydrogen (secondary N) is 2. The Kier molecular flexibility index (Phi) is 11.1. The van der Waals surface area contributed by atoms with E-state index < -0.39 is 5.91 Å². The Morgan fingerprint density at radius 1 is 1.28 bits per heavy atom. The van der Waals surface area contributed by atoms with E-state index in [1.165, 1.54) is 0 Å². The number of rotatable bonds is 10. The summed E-state index contributed by atoms with van der Waals surface area (Å²) in [7, 11) is 0. The molecule has 0 unspecified atom stereocenters. The van der Waals surface area contributed by atoms with E-state index in [2.05, 4.69) is 34.6 Å². The van der Waals surface area contributed by atoms with Crippen LogP contribution in [0, 0.1) is 0 Å². The average Bonchev–Trinajstić information content (AvgIpc) is 3.15. The van der Waals surface area contributed by atoms with Gasteiger partial charge in [0.15, 0.2) is 18.3 Å². The Labute approximate surface area is 188 Å². The van der Waals surface area contributed by atoms with Gasteiger partial charge in [-0.2, -0.15) is 0 Å². The highest BCUT2D eigenvalue weighted by Gasteiger charge is 2.07. The van der Waals surface area contributed by atoms with Crippen molar-refractivity contribution in [3.8, 4) is 5.75 Å². The lowest BCUT2D eigenvalue weighted by molar-refractivity contribution is -0.119. The number of nitrogens with zero attached hydrogens (tertiary/aromatic N) is 2. The maximum atomic E-state index is 10.7. The lowest BCUT2D eigenvalue weighted by atomic mass is 10.1. The van der Waals surface area contributed by atoms with Crippen LogP contribution < -0.4 is 21.1 Å². The summed E-state index contributed by atoms with van der Waals surface area (Å²) in [6.07, 6.45) is 0.820. The first-order chi connectivity index (χ1) is 13.5. The number of hydrogen-bond acceptors (Lipinski definition) is 5. The normalized spacial score (nSPS) is 11.1. The van der Waals surface area contributed by atoms with Crippen molar-refractivity contribution in [3.05, 3.63) is 47.3 Å². The molecule has 1 heterocycles. The third-order valence-corrected chi connectivity index (χ3v) is 3.92. The Balaban J connectivity index is 0.00000420. The van der Waals surface area contributed by atoms with Crippen LogP contribution >= 0.6 is 24.0 Å². The number of carbonyl (C=O) groups excluding carboxylic acids is 1. The molecule has 0 aliphatic carbocycles. The molecular formula is C20H30IN5O3. The minimum Gasteiger partial charge on any atom is -0.484 e. The number of amides is 1. The molecule has 1 aromatic carbocycles. The number of halogens is 1. The van der Waals surface area contributed by atoms with Crippen molar-refractivity contribution in [2.45, 2.75) is 39.7 Å². The maximum absolute atomic E-state index is 10.7. The smallest absolute Gasteiger partial charge is 0.255 e. The van der Waals surface area contributed by atoms with Gasteiger partial charge in [0.2, 0.25) is 0 Å². The van der Waals surface area contributed by atoms with Crippen molar-refractivity contribution in [3.63, 3.8) is 0 Å². The van der Waals surface area contributed by atoms with Gasteiger partial charge in [-0.05, 0) is 37.0 Å². The molecule has 0 radical (unpaired) electrons. The van der Waals surface area contributed by atoms with E-state index in [4.69, 9.17) is 15.0 Å². The Morgan fingerprint density at radius 3 is 2.59 bits per heavy atom. The van der Waals surface area contributed by atoms with E-state index in [-0.39, 0.29) is 30.6 Å². The second-order valence-corrected chi connectivity index (χ2v) is 6.64. The van der Waals surface area contributed by atoms with Crippen LogP contribution in [-0.4, -0.2) is 36.7 Å². The van der Waals surface area contributed by atoms with Gasteiger partial charge < -0.3 is 25.6 Å². The van der Waals surface area contributed by atoms with Gasteiger partial charge in [-0.3, -0.25) is 4.79 Å². The van der Waals surface area contributed by atoms with Gasteiger partial charge in [0.25, 0.3) is 5.91 Å². The van der Waals surface area contributed by atoms with Crippen LogP contribution in [0.25, 0.3) is 0 Å². The van der Waals surface area contributed by atoms with E-state index in [1.807, 2.05) is 37.3 Å². The van der Waals surface area contributed by atoms with Crippen molar-refractivity contribution in [2.75, 3.05) is 19.7 Å². The minimum atomic E-state index is -0.491. The molecule has 1 amide bonds. The summed E-state index contributed by atoms with van der Waals surface area (Å²) in [4.78, 5) is 15.3. The highest BCUT2D eigenvalue weighted by atomic mass is 127. The molecule has 9 heteroatoms. The Hall–Kier alpha value is -2.30. The van der Waals surface area contributed by atoms with Gasteiger partial charge in [-0.1, -0.05) is 31.1 Å². The van der Waals surface area contributed by atoms with Gasteiger partial charge in [0.1, 0.15) is 12.3 Å². The monoisotopic (exact) mass is 515 g/mol. The fraction of sp³-hybridized carbons (Fsp3) is 0.450. The van der Waals surface area contributed by atoms with Crippen molar-refractivity contribution in [1.29, 1.82) is 0 Å². The molecule has 2 aromatic rings. The summed E-state index contributed by atoms with van der Waals surface area (Å²) in [6.45, 7) is 7.98. The summed E-state index contributed by atoms with van der Waals surface area (Å²) < 4.78 is 10.6. The summed E-state index contributed by atoms with van der Waals surface area (Å²) in [5.41, 5.74) is 7.15. The third-order valence-electron chi connectivity index (χ3n) is 3.92. The van der Waals surface area contributed by atoms with Crippen LogP contribution in [0.1, 0.15) is 43.7 Å². The van der Waals surface area contributed by atoms with Crippen LogP contribution in [0.5, 0.6) is 5.75 Å². The molecule has 0 spiro atoms. The molecule has 0 fully saturated rings. The molecule has 1 aromatic heterocycles. The largest absolute Gasteiger partial charge is 0.484 e. The highest BCUT2D eigenvalue weighted by Crippen LogP contribution is 2.14. The first-order valence-corrected chi connectivity index (χ1v) is 9.45. The lowest BCUT2D eigenvalue weighted by Crippen LogP contribution is -2.38. The van der Waals surface area contributed by atoms with Crippen molar-refractivity contribution < 1.29 is 14.1 Å². The van der Waals surface area contributed by atoms with Crippen molar-refractivity contribution >= 4 is 35.8 Å². The third kappa shape index (κ3) is 9.16. The predicted molar refractivity (Wildman–Crippen MR) is 124 cm³/mol. The number of aliphatic imine (C=N–C) groups is 1. The molecule has 160 valence electrons. The molecule has 8 nitrogen and oxygen atoms in total. The van der Waals surface area contributed by atoms with Crippen LogP contribution in [0.15, 0.2) is 39.8 Å². The fourth-order valence-corrected chi connectivity index (χ4v) is 2.41. The van der Waals surface area contributed by atoms with E-state index in [0.717, 1.165) is 42.5 Å².